The average molecular weight is 201 g/mol. The Morgan fingerprint density at radius 2 is 2.07 bits per heavy atom. The third-order valence-electron chi connectivity index (χ3n) is 2.32. The van der Waals surface area contributed by atoms with Gasteiger partial charge in [-0.05, 0) is 12.8 Å². The van der Waals surface area contributed by atoms with Crippen LogP contribution in [0.15, 0.2) is 0 Å². The minimum atomic E-state index is 0.0154. The van der Waals surface area contributed by atoms with Crippen LogP contribution in [0.5, 0.6) is 0 Å². The van der Waals surface area contributed by atoms with Gasteiger partial charge in [0.25, 0.3) is 0 Å². The first-order chi connectivity index (χ1) is 6.76. The lowest BCUT2D eigenvalue weighted by Gasteiger charge is -2.13. The molecule has 0 heterocycles. The molecule has 1 unspecified atom stereocenters. The van der Waals surface area contributed by atoms with Gasteiger partial charge in [-0.1, -0.05) is 26.7 Å². The summed E-state index contributed by atoms with van der Waals surface area (Å²) in [5.74, 6) is 0.101. The molecule has 0 aromatic carbocycles. The lowest BCUT2D eigenvalue weighted by atomic mass is 10.1. The van der Waals surface area contributed by atoms with E-state index in [4.69, 9.17) is 4.74 Å². The SMILES string of the molecule is CCCCCOCC(CC)C(=O)NC. The molecule has 1 amide bonds. The molecule has 0 rings (SSSR count). The van der Waals surface area contributed by atoms with Crippen molar-refractivity contribution in [3.05, 3.63) is 0 Å². The lowest BCUT2D eigenvalue weighted by molar-refractivity contribution is -0.126. The zero-order chi connectivity index (χ0) is 10.8. The van der Waals surface area contributed by atoms with Crippen LogP contribution in [0.4, 0.5) is 0 Å². The number of amides is 1. The molecule has 0 spiro atoms. The first-order valence-corrected chi connectivity index (χ1v) is 5.55. The van der Waals surface area contributed by atoms with Crippen molar-refractivity contribution in [1.29, 1.82) is 0 Å². The molecule has 14 heavy (non-hydrogen) atoms. The van der Waals surface area contributed by atoms with E-state index in [1.54, 1.807) is 7.05 Å². The summed E-state index contributed by atoms with van der Waals surface area (Å²) >= 11 is 0. The van der Waals surface area contributed by atoms with E-state index in [0.717, 1.165) is 19.4 Å². The van der Waals surface area contributed by atoms with Gasteiger partial charge in [0, 0.05) is 13.7 Å². The molecule has 0 radical (unpaired) electrons. The van der Waals surface area contributed by atoms with Crippen LogP contribution in [-0.2, 0) is 9.53 Å². The highest BCUT2D eigenvalue weighted by atomic mass is 16.5. The summed E-state index contributed by atoms with van der Waals surface area (Å²) < 4.78 is 5.45. The average Bonchev–Trinajstić information content (AvgIpc) is 2.22. The highest BCUT2D eigenvalue weighted by Gasteiger charge is 2.14. The van der Waals surface area contributed by atoms with Crippen LogP contribution in [0, 0.1) is 5.92 Å². The van der Waals surface area contributed by atoms with Crippen molar-refractivity contribution in [3.63, 3.8) is 0 Å². The molecule has 0 aliphatic rings. The Labute approximate surface area is 87.2 Å². The van der Waals surface area contributed by atoms with E-state index in [9.17, 15) is 4.79 Å². The Morgan fingerprint density at radius 1 is 1.36 bits per heavy atom. The topological polar surface area (TPSA) is 38.3 Å². The first kappa shape index (κ1) is 13.4. The van der Waals surface area contributed by atoms with Gasteiger partial charge < -0.3 is 10.1 Å². The second-order valence-corrected chi connectivity index (χ2v) is 3.50. The molecule has 0 saturated carbocycles. The van der Waals surface area contributed by atoms with Gasteiger partial charge in [-0.15, -0.1) is 0 Å². The van der Waals surface area contributed by atoms with Crippen LogP contribution >= 0.6 is 0 Å². The monoisotopic (exact) mass is 201 g/mol. The van der Waals surface area contributed by atoms with Gasteiger partial charge in [-0.25, -0.2) is 0 Å². The molecule has 84 valence electrons. The van der Waals surface area contributed by atoms with Gasteiger partial charge in [0.15, 0.2) is 0 Å². The molecule has 1 atom stereocenters. The van der Waals surface area contributed by atoms with Crippen LogP contribution in [0.2, 0.25) is 0 Å². The smallest absolute Gasteiger partial charge is 0.225 e. The minimum absolute atomic E-state index is 0.0154. The van der Waals surface area contributed by atoms with Crippen molar-refractivity contribution >= 4 is 5.91 Å². The maximum Gasteiger partial charge on any atom is 0.225 e. The quantitative estimate of drug-likeness (QED) is 0.610. The fourth-order valence-corrected chi connectivity index (χ4v) is 1.26. The molecular formula is C11H23NO2. The van der Waals surface area contributed by atoms with Crippen LogP contribution in [0.25, 0.3) is 0 Å². The van der Waals surface area contributed by atoms with Gasteiger partial charge in [0.1, 0.15) is 0 Å². The van der Waals surface area contributed by atoms with E-state index in [2.05, 4.69) is 12.2 Å². The predicted molar refractivity (Wildman–Crippen MR) is 58.2 cm³/mol. The van der Waals surface area contributed by atoms with Crippen molar-refractivity contribution < 1.29 is 9.53 Å². The Bertz CT molecular complexity index is 148. The van der Waals surface area contributed by atoms with Crippen molar-refractivity contribution in [2.45, 2.75) is 39.5 Å². The number of rotatable bonds is 8. The molecule has 0 aliphatic heterocycles. The molecule has 1 N–H and O–H groups in total. The summed E-state index contributed by atoms with van der Waals surface area (Å²) in [4.78, 5) is 11.3. The second-order valence-electron chi connectivity index (χ2n) is 3.50. The Morgan fingerprint density at radius 3 is 2.57 bits per heavy atom. The molecule has 0 aromatic heterocycles. The predicted octanol–water partition coefficient (Wildman–Crippen LogP) is 1.97. The third kappa shape index (κ3) is 5.97. The van der Waals surface area contributed by atoms with Gasteiger partial charge in [-0.2, -0.15) is 0 Å². The van der Waals surface area contributed by atoms with Gasteiger partial charge in [-0.3, -0.25) is 4.79 Å². The van der Waals surface area contributed by atoms with Crippen LogP contribution in [0.3, 0.4) is 0 Å². The first-order valence-electron chi connectivity index (χ1n) is 5.55. The largest absolute Gasteiger partial charge is 0.381 e. The molecule has 0 fully saturated rings. The Hall–Kier alpha value is -0.570. The number of unbranched alkanes of at least 4 members (excludes halogenated alkanes) is 2. The number of carbonyl (C=O) groups excluding carboxylic acids is 1. The molecule has 3 nitrogen and oxygen atoms in total. The summed E-state index contributed by atoms with van der Waals surface area (Å²) in [6, 6.07) is 0. The van der Waals surface area contributed by atoms with Gasteiger partial charge in [0.2, 0.25) is 5.91 Å². The standard InChI is InChI=1S/C11H23NO2/c1-4-6-7-8-14-9-10(5-2)11(13)12-3/h10H,4-9H2,1-3H3,(H,12,13). The fraction of sp³-hybridized carbons (Fsp3) is 0.909. The highest BCUT2D eigenvalue weighted by molar-refractivity contribution is 5.78. The Kier molecular flexibility index (Phi) is 8.64. The number of ether oxygens (including phenoxy) is 1. The number of nitrogens with one attached hydrogen (secondary N) is 1. The van der Waals surface area contributed by atoms with Crippen molar-refractivity contribution in [3.8, 4) is 0 Å². The number of hydrogen-bond donors (Lipinski definition) is 1. The van der Waals surface area contributed by atoms with E-state index < -0.39 is 0 Å². The van der Waals surface area contributed by atoms with Crippen molar-refractivity contribution in [2.24, 2.45) is 5.92 Å². The fourth-order valence-electron chi connectivity index (χ4n) is 1.26. The maximum atomic E-state index is 11.3. The summed E-state index contributed by atoms with van der Waals surface area (Å²) in [5.41, 5.74) is 0. The summed E-state index contributed by atoms with van der Waals surface area (Å²) in [6.07, 6.45) is 4.35. The van der Waals surface area contributed by atoms with E-state index in [-0.39, 0.29) is 11.8 Å². The van der Waals surface area contributed by atoms with E-state index >= 15 is 0 Å². The van der Waals surface area contributed by atoms with Crippen LogP contribution in [-0.4, -0.2) is 26.2 Å². The van der Waals surface area contributed by atoms with E-state index in [1.165, 1.54) is 12.8 Å². The summed E-state index contributed by atoms with van der Waals surface area (Å²) in [6.45, 7) is 5.51. The lowest BCUT2D eigenvalue weighted by Crippen LogP contribution is -2.30. The minimum Gasteiger partial charge on any atom is -0.381 e. The summed E-state index contributed by atoms with van der Waals surface area (Å²) in [5, 5.41) is 2.65. The summed E-state index contributed by atoms with van der Waals surface area (Å²) in [7, 11) is 1.67. The molecule has 0 aromatic rings. The molecule has 0 saturated heterocycles. The molecule has 0 bridgehead atoms. The highest BCUT2D eigenvalue weighted by Crippen LogP contribution is 2.04. The van der Waals surface area contributed by atoms with Crippen molar-refractivity contribution in [1.82, 2.24) is 5.32 Å². The Balaban J connectivity index is 3.48. The normalized spacial score (nSPS) is 12.5. The van der Waals surface area contributed by atoms with E-state index in [1.807, 2.05) is 6.92 Å². The molecule has 0 aliphatic carbocycles. The number of hydrogen-bond acceptors (Lipinski definition) is 2. The van der Waals surface area contributed by atoms with Gasteiger partial charge >= 0.3 is 0 Å². The molecular weight excluding hydrogens is 178 g/mol. The zero-order valence-electron chi connectivity index (χ0n) is 9.64. The van der Waals surface area contributed by atoms with Crippen molar-refractivity contribution in [2.75, 3.05) is 20.3 Å². The van der Waals surface area contributed by atoms with E-state index in [0.29, 0.717) is 6.61 Å². The number of carbonyl (C=O) groups is 1. The molecule has 3 heteroatoms. The van der Waals surface area contributed by atoms with Crippen LogP contribution in [0.1, 0.15) is 39.5 Å². The third-order valence-corrected chi connectivity index (χ3v) is 2.32. The van der Waals surface area contributed by atoms with Gasteiger partial charge in [0.05, 0.1) is 12.5 Å². The zero-order valence-corrected chi connectivity index (χ0v) is 9.64. The van der Waals surface area contributed by atoms with Crippen LogP contribution < -0.4 is 5.32 Å². The second kappa shape index (κ2) is 9.00. The maximum absolute atomic E-state index is 11.3.